The van der Waals surface area contributed by atoms with Gasteiger partial charge in [0.05, 0.1) is 24.9 Å². The number of ether oxygens (including phenoxy) is 1. The Balaban J connectivity index is 2.52. The van der Waals surface area contributed by atoms with Crippen LogP contribution in [0.1, 0.15) is 0 Å². The highest BCUT2D eigenvalue weighted by atomic mass is 19.1. The van der Waals surface area contributed by atoms with Crippen molar-refractivity contribution < 1.29 is 19.0 Å². The van der Waals surface area contributed by atoms with E-state index in [1.807, 2.05) is 0 Å². The van der Waals surface area contributed by atoms with Gasteiger partial charge < -0.3 is 20.1 Å². The number of likely N-dealkylation sites (N-methyl/N-ethyl adjacent to an activating group) is 1. The largest absolute Gasteiger partial charge is 0.389 e. The summed E-state index contributed by atoms with van der Waals surface area (Å²) < 4.78 is 18.0. The maximum Gasteiger partial charge on any atom is 0.321 e. The average molecular weight is 256 g/mol. The van der Waals surface area contributed by atoms with Crippen LogP contribution < -0.4 is 5.32 Å². The zero-order valence-corrected chi connectivity index (χ0v) is 10.4. The number of carbonyl (C=O) groups is 1. The normalized spacial score (nSPS) is 12.0. The molecule has 1 unspecified atom stereocenters. The van der Waals surface area contributed by atoms with Crippen LogP contribution in [-0.2, 0) is 4.74 Å². The fraction of sp³-hybridized carbons (Fsp3) is 0.417. The number of nitrogens with zero attached hydrogens (tertiary/aromatic N) is 1. The van der Waals surface area contributed by atoms with Crippen LogP contribution in [-0.4, -0.2) is 49.5 Å². The van der Waals surface area contributed by atoms with Crippen molar-refractivity contribution in [2.75, 3.05) is 32.6 Å². The molecule has 1 aromatic rings. The van der Waals surface area contributed by atoms with Gasteiger partial charge in [-0.15, -0.1) is 0 Å². The number of methoxy groups -OCH3 is 1. The van der Waals surface area contributed by atoms with E-state index in [9.17, 15) is 14.3 Å². The number of para-hydroxylation sites is 1. The Hall–Kier alpha value is -1.66. The van der Waals surface area contributed by atoms with Crippen LogP contribution in [0, 0.1) is 5.82 Å². The van der Waals surface area contributed by atoms with Crippen LogP contribution in [0.15, 0.2) is 24.3 Å². The van der Waals surface area contributed by atoms with Crippen molar-refractivity contribution in [3.8, 4) is 0 Å². The summed E-state index contributed by atoms with van der Waals surface area (Å²) in [4.78, 5) is 13.0. The molecule has 1 atom stereocenters. The minimum Gasteiger partial charge on any atom is -0.389 e. The monoisotopic (exact) mass is 256 g/mol. The maximum atomic E-state index is 13.3. The molecule has 0 aliphatic rings. The van der Waals surface area contributed by atoms with E-state index in [0.29, 0.717) is 0 Å². The van der Waals surface area contributed by atoms with Crippen molar-refractivity contribution in [3.05, 3.63) is 30.1 Å². The molecule has 6 heteroatoms. The first-order valence-corrected chi connectivity index (χ1v) is 5.48. The van der Waals surface area contributed by atoms with Gasteiger partial charge in [-0.3, -0.25) is 0 Å². The number of hydrogen-bond donors (Lipinski definition) is 2. The fourth-order valence-electron chi connectivity index (χ4n) is 1.42. The van der Waals surface area contributed by atoms with E-state index in [0.717, 1.165) is 0 Å². The van der Waals surface area contributed by atoms with Crippen LogP contribution in [0.3, 0.4) is 0 Å². The van der Waals surface area contributed by atoms with Gasteiger partial charge in [-0.1, -0.05) is 12.1 Å². The summed E-state index contributed by atoms with van der Waals surface area (Å²) in [6.07, 6.45) is -0.772. The number of rotatable bonds is 5. The summed E-state index contributed by atoms with van der Waals surface area (Å²) in [6, 6.07) is 5.40. The summed E-state index contributed by atoms with van der Waals surface area (Å²) in [5.74, 6) is -0.503. The van der Waals surface area contributed by atoms with Gasteiger partial charge in [-0.2, -0.15) is 0 Å². The number of hydrogen-bond acceptors (Lipinski definition) is 3. The molecule has 2 amide bonds. The van der Waals surface area contributed by atoms with Crippen molar-refractivity contribution in [3.63, 3.8) is 0 Å². The Labute approximate surface area is 105 Å². The first kappa shape index (κ1) is 14.4. The molecule has 0 aliphatic heterocycles. The molecule has 1 rings (SSSR count). The van der Waals surface area contributed by atoms with Crippen LogP contribution in [0.4, 0.5) is 14.9 Å². The van der Waals surface area contributed by atoms with E-state index in [1.165, 1.54) is 37.3 Å². The highest BCUT2D eigenvalue weighted by Gasteiger charge is 2.14. The molecule has 0 aromatic heterocycles. The number of anilines is 1. The first-order chi connectivity index (χ1) is 8.54. The summed E-state index contributed by atoms with van der Waals surface area (Å²) in [7, 11) is 2.97. The maximum absolute atomic E-state index is 13.3. The van der Waals surface area contributed by atoms with Gasteiger partial charge in [-0.05, 0) is 12.1 Å². The fourth-order valence-corrected chi connectivity index (χ4v) is 1.42. The van der Waals surface area contributed by atoms with E-state index in [4.69, 9.17) is 4.74 Å². The molecule has 0 heterocycles. The minimum absolute atomic E-state index is 0.105. The van der Waals surface area contributed by atoms with Crippen molar-refractivity contribution >= 4 is 11.7 Å². The standard InChI is InChI=1S/C12H17FN2O3/c1-15(7-9(16)8-18-2)12(17)14-11-6-4-3-5-10(11)13/h3-6,9,16H,7-8H2,1-2H3,(H,14,17). The number of aliphatic hydroxyl groups excluding tert-OH is 1. The molecule has 2 N–H and O–H groups in total. The average Bonchev–Trinajstić information content (AvgIpc) is 2.32. The predicted octanol–water partition coefficient (Wildman–Crippen LogP) is 1.30. The first-order valence-electron chi connectivity index (χ1n) is 5.48. The van der Waals surface area contributed by atoms with E-state index in [1.54, 1.807) is 6.07 Å². The second-order valence-electron chi connectivity index (χ2n) is 3.90. The van der Waals surface area contributed by atoms with Crippen molar-refractivity contribution in [2.24, 2.45) is 0 Å². The van der Waals surface area contributed by atoms with Crippen molar-refractivity contribution in [1.29, 1.82) is 0 Å². The lowest BCUT2D eigenvalue weighted by atomic mass is 10.3. The number of carbonyl (C=O) groups excluding carboxylic acids is 1. The third-order valence-corrected chi connectivity index (χ3v) is 2.31. The van der Waals surface area contributed by atoms with Crippen LogP contribution in [0.5, 0.6) is 0 Å². The Bertz CT molecular complexity index is 401. The lowest BCUT2D eigenvalue weighted by Gasteiger charge is -2.21. The second kappa shape index (κ2) is 6.93. The smallest absolute Gasteiger partial charge is 0.321 e. The Morgan fingerprint density at radius 3 is 2.83 bits per heavy atom. The molecule has 100 valence electrons. The number of halogens is 1. The van der Waals surface area contributed by atoms with Gasteiger partial charge in [0.15, 0.2) is 0 Å². The van der Waals surface area contributed by atoms with Gasteiger partial charge in [-0.25, -0.2) is 9.18 Å². The van der Waals surface area contributed by atoms with Crippen molar-refractivity contribution in [2.45, 2.75) is 6.10 Å². The number of benzene rings is 1. The molecule has 0 radical (unpaired) electrons. The molecule has 0 saturated carbocycles. The Morgan fingerprint density at radius 1 is 1.56 bits per heavy atom. The molecule has 0 aliphatic carbocycles. The summed E-state index contributed by atoms with van der Waals surface area (Å²) in [6.45, 7) is 0.242. The lowest BCUT2D eigenvalue weighted by Crippen LogP contribution is -2.38. The molecule has 1 aromatic carbocycles. The van der Waals surface area contributed by atoms with E-state index in [2.05, 4.69) is 5.32 Å². The SMILES string of the molecule is COCC(O)CN(C)C(=O)Nc1ccccc1F. The van der Waals surface area contributed by atoms with Gasteiger partial charge in [0.25, 0.3) is 0 Å². The third-order valence-electron chi connectivity index (χ3n) is 2.31. The molecular formula is C12H17FN2O3. The zero-order chi connectivity index (χ0) is 13.5. The van der Waals surface area contributed by atoms with Gasteiger partial charge in [0, 0.05) is 14.2 Å². The Morgan fingerprint density at radius 2 is 2.22 bits per heavy atom. The number of nitrogens with one attached hydrogen (secondary N) is 1. The minimum atomic E-state index is -0.772. The molecular weight excluding hydrogens is 239 g/mol. The number of aliphatic hydroxyl groups is 1. The molecule has 18 heavy (non-hydrogen) atoms. The highest BCUT2D eigenvalue weighted by Crippen LogP contribution is 2.12. The van der Waals surface area contributed by atoms with E-state index >= 15 is 0 Å². The second-order valence-corrected chi connectivity index (χ2v) is 3.90. The topological polar surface area (TPSA) is 61.8 Å². The predicted molar refractivity (Wildman–Crippen MR) is 65.9 cm³/mol. The van der Waals surface area contributed by atoms with Gasteiger partial charge in [0.2, 0.25) is 0 Å². The lowest BCUT2D eigenvalue weighted by molar-refractivity contribution is 0.0501. The van der Waals surface area contributed by atoms with E-state index < -0.39 is 18.0 Å². The number of amides is 2. The summed E-state index contributed by atoms with van der Waals surface area (Å²) in [5, 5.41) is 11.9. The van der Waals surface area contributed by atoms with Crippen LogP contribution in [0.25, 0.3) is 0 Å². The molecule has 0 saturated heterocycles. The zero-order valence-electron chi connectivity index (χ0n) is 10.4. The quantitative estimate of drug-likeness (QED) is 0.834. The van der Waals surface area contributed by atoms with Crippen LogP contribution in [0.2, 0.25) is 0 Å². The third kappa shape index (κ3) is 4.31. The van der Waals surface area contributed by atoms with Crippen molar-refractivity contribution in [1.82, 2.24) is 4.90 Å². The van der Waals surface area contributed by atoms with Crippen LogP contribution >= 0.6 is 0 Å². The van der Waals surface area contributed by atoms with E-state index in [-0.39, 0.29) is 18.8 Å². The summed E-state index contributed by atoms with van der Waals surface area (Å²) in [5.41, 5.74) is 0.107. The summed E-state index contributed by atoms with van der Waals surface area (Å²) >= 11 is 0. The molecule has 0 bridgehead atoms. The number of urea groups is 1. The van der Waals surface area contributed by atoms with Gasteiger partial charge in [0.1, 0.15) is 5.82 Å². The van der Waals surface area contributed by atoms with Gasteiger partial charge >= 0.3 is 6.03 Å². The molecule has 0 fully saturated rings. The highest BCUT2D eigenvalue weighted by molar-refractivity contribution is 5.89. The molecule has 0 spiro atoms. The molecule has 5 nitrogen and oxygen atoms in total. The Kier molecular flexibility index (Phi) is 5.54.